The highest BCUT2D eigenvalue weighted by molar-refractivity contribution is 6.09. The standard InChI is InChI=1S/C21H27N3O5/c1-14-9-11-21(12-10-14)19(27)24(20(28)22-21)13-17(25)29-15(2)18(26)23(3)16-7-5-4-6-8-16/h4-8,14-15H,9-13H2,1-3H3,(H,22,28)/t14?,15-,21?/m1/s1. The lowest BCUT2D eigenvalue weighted by Gasteiger charge is -2.33. The highest BCUT2D eigenvalue weighted by Crippen LogP contribution is 2.36. The van der Waals surface area contributed by atoms with E-state index in [1.54, 1.807) is 31.3 Å². The van der Waals surface area contributed by atoms with Crippen LogP contribution < -0.4 is 10.2 Å². The quantitative estimate of drug-likeness (QED) is 0.602. The predicted octanol–water partition coefficient (Wildman–Crippen LogP) is 2.08. The summed E-state index contributed by atoms with van der Waals surface area (Å²) in [7, 11) is 1.59. The first-order valence-electron chi connectivity index (χ1n) is 9.90. The Labute approximate surface area is 170 Å². The number of likely N-dealkylation sites (N-methyl/N-ethyl adjacent to an activating group) is 1. The molecule has 1 saturated heterocycles. The number of imide groups is 1. The summed E-state index contributed by atoms with van der Waals surface area (Å²) < 4.78 is 5.20. The molecule has 3 rings (SSSR count). The van der Waals surface area contributed by atoms with Crippen LogP contribution in [0.1, 0.15) is 39.5 Å². The topological polar surface area (TPSA) is 96.0 Å². The Hall–Kier alpha value is -2.90. The molecular weight excluding hydrogens is 374 g/mol. The number of nitrogens with one attached hydrogen (secondary N) is 1. The highest BCUT2D eigenvalue weighted by Gasteiger charge is 2.52. The van der Waals surface area contributed by atoms with Gasteiger partial charge in [-0.25, -0.2) is 4.79 Å². The molecule has 1 aliphatic carbocycles. The highest BCUT2D eigenvalue weighted by atomic mass is 16.5. The van der Waals surface area contributed by atoms with E-state index < -0.39 is 36.1 Å². The summed E-state index contributed by atoms with van der Waals surface area (Å²) in [4.78, 5) is 52.2. The van der Waals surface area contributed by atoms with Gasteiger partial charge in [-0.15, -0.1) is 0 Å². The van der Waals surface area contributed by atoms with Crippen LogP contribution in [0.2, 0.25) is 0 Å². The normalized spacial score (nSPS) is 24.9. The second-order valence-corrected chi connectivity index (χ2v) is 7.95. The lowest BCUT2D eigenvalue weighted by Crippen LogP contribution is -2.49. The summed E-state index contributed by atoms with van der Waals surface area (Å²) in [5, 5.41) is 2.77. The van der Waals surface area contributed by atoms with E-state index >= 15 is 0 Å². The maximum absolute atomic E-state index is 12.8. The second-order valence-electron chi connectivity index (χ2n) is 7.95. The van der Waals surface area contributed by atoms with Crippen LogP contribution in [-0.2, 0) is 19.1 Å². The number of esters is 1. The summed E-state index contributed by atoms with van der Waals surface area (Å²) >= 11 is 0. The van der Waals surface area contributed by atoms with Crippen molar-refractivity contribution in [2.45, 2.75) is 51.2 Å². The van der Waals surface area contributed by atoms with E-state index in [0.29, 0.717) is 24.4 Å². The van der Waals surface area contributed by atoms with E-state index in [1.807, 2.05) is 6.07 Å². The van der Waals surface area contributed by atoms with Gasteiger partial charge in [0.05, 0.1) is 0 Å². The SMILES string of the molecule is CC1CCC2(CC1)NC(=O)N(CC(=O)O[C@H](C)C(=O)N(C)c1ccccc1)C2=O. The van der Waals surface area contributed by atoms with Crippen LogP contribution in [-0.4, -0.2) is 54.0 Å². The Morgan fingerprint density at radius 3 is 2.48 bits per heavy atom. The number of carbonyl (C=O) groups excluding carboxylic acids is 4. The van der Waals surface area contributed by atoms with E-state index in [9.17, 15) is 19.2 Å². The molecule has 1 saturated carbocycles. The maximum Gasteiger partial charge on any atom is 0.327 e. The van der Waals surface area contributed by atoms with Gasteiger partial charge in [0.25, 0.3) is 11.8 Å². The van der Waals surface area contributed by atoms with Gasteiger partial charge < -0.3 is 15.0 Å². The van der Waals surface area contributed by atoms with E-state index in [4.69, 9.17) is 4.74 Å². The van der Waals surface area contributed by atoms with Crippen molar-refractivity contribution < 1.29 is 23.9 Å². The maximum atomic E-state index is 12.8. The number of ether oxygens (including phenoxy) is 1. The molecule has 0 unspecified atom stereocenters. The van der Waals surface area contributed by atoms with Crippen molar-refractivity contribution in [1.29, 1.82) is 0 Å². The minimum Gasteiger partial charge on any atom is -0.451 e. The zero-order chi connectivity index (χ0) is 21.2. The van der Waals surface area contributed by atoms with Crippen molar-refractivity contribution in [1.82, 2.24) is 10.2 Å². The Bertz CT molecular complexity index is 802. The monoisotopic (exact) mass is 401 g/mol. The minimum absolute atomic E-state index is 0.383. The Morgan fingerprint density at radius 1 is 1.24 bits per heavy atom. The molecule has 2 aliphatic rings. The summed E-state index contributed by atoms with van der Waals surface area (Å²) in [6, 6.07) is 8.39. The van der Waals surface area contributed by atoms with Gasteiger partial charge in [0.1, 0.15) is 12.1 Å². The molecule has 0 bridgehead atoms. The van der Waals surface area contributed by atoms with Crippen molar-refractivity contribution in [3.05, 3.63) is 30.3 Å². The summed E-state index contributed by atoms with van der Waals surface area (Å²) in [6.07, 6.45) is 1.80. The van der Waals surface area contributed by atoms with E-state index in [1.165, 1.54) is 11.8 Å². The molecule has 8 nitrogen and oxygen atoms in total. The molecule has 156 valence electrons. The number of hydrogen-bond acceptors (Lipinski definition) is 5. The summed E-state index contributed by atoms with van der Waals surface area (Å²) in [5.74, 6) is -1.07. The van der Waals surface area contributed by atoms with E-state index in [0.717, 1.165) is 17.7 Å². The Balaban J connectivity index is 1.58. The molecular formula is C21H27N3O5. The second kappa shape index (κ2) is 8.23. The third-order valence-corrected chi connectivity index (χ3v) is 5.79. The van der Waals surface area contributed by atoms with Crippen molar-refractivity contribution in [2.24, 2.45) is 5.92 Å². The Kier molecular flexibility index (Phi) is 5.91. The number of urea groups is 1. The molecule has 2 fully saturated rings. The number of nitrogens with zero attached hydrogens (tertiary/aromatic N) is 2. The van der Waals surface area contributed by atoms with Gasteiger partial charge in [0.15, 0.2) is 6.10 Å². The van der Waals surface area contributed by atoms with Crippen LogP contribution in [0, 0.1) is 5.92 Å². The number of carbonyl (C=O) groups is 4. The number of rotatable bonds is 5. The molecule has 1 aromatic rings. The molecule has 1 aromatic carbocycles. The van der Waals surface area contributed by atoms with Gasteiger partial charge in [-0.2, -0.15) is 0 Å². The van der Waals surface area contributed by atoms with Crippen LogP contribution in [0.25, 0.3) is 0 Å². The van der Waals surface area contributed by atoms with Gasteiger partial charge in [-0.05, 0) is 50.7 Å². The number of benzene rings is 1. The molecule has 29 heavy (non-hydrogen) atoms. The summed E-state index contributed by atoms with van der Waals surface area (Å²) in [6.45, 7) is 3.08. The first kappa shape index (κ1) is 20.8. The Morgan fingerprint density at radius 2 is 1.86 bits per heavy atom. The van der Waals surface area contributed by atoms with E-state index in [2.05, 4.69) is 12.2 Å². The fourth-order valence-corrected chi connectivity index (χ4v) is 3.88. The lowest BCUT2D eigenvalue weighted by molar-refractivity contribution is -0.156. The molecule has 1 heterocycles. The largest absolute Gasteiger partial charge is 0.451 e. The van der Waals surface area contributed by atoms with Gasteiger partial charge in [0.2, 0.25) is 0 Å². The third-order valence-electron chi connectivity index (χ3n) is 5.79. The number of hydrogen-bond donors (Lipinski definition) is 1. The first-order chi connectivity index (χ1) is 13.7. The molecule has 0 aromatic heterocycles. The third kappa shape index (κ3) is 4.26. The van der Waals surface area contributed by atoms with Crippen molar-refractivity contribution >= 4 is 29.5 Å². The first-order valence-corrected chi connectivity index (χ1v) is 9.90. The molecule has 4 amide bonds. The van der Waals surface area contributed by atoms with Gasteiger partial charge >= 0.3 is 12.0 Å². The smallest absolute Gasteiger partial charge is 0.327 e. The average molecular weight is 401 g/mol. The number of para-hydroxylation sites is 1. The molecule has 1 aliphatic heterocycles. The fraction of sp³-hybridized carbons (Fsp3) is 0.524. The molecule has 8 heteroatoms. The molecule has 1 N–H and O–H groups in total. The average Bonchev–Trinajstić information content (AvgIpc) is 2.94. The van der Waals surface area contributed by atoms with Crippen LogP contribution in [0.3, 0.4) is 0 Å². The van der Waals surface area contributed by atoms with Crippen LogP contribution in [0.15, 0.2) is 30.3 Å². The van der Waals surface area contributed by atoms with Gasteiger partial charge in [0, 0.05) is 12.7 Å². The number of anilines is 1. The summed E-state index contributed by atoms with van der Waals surface area (Å²) in [5.41, 5.74) is -0.235. The van der Waals surface area contributed by atoms with Gasteiger partial charge in [-0.1, -0.05) is 25.1 Å². The van der Waals surface area contributed by atoms with Crippen molar-refractivity contribution in [2.75, 3.05) is 18.5 Å². The van der Waals surface area contributed by atoms with Crippen molar-refractivity contribution in [3.8, 4) is 0 Å². The van der Waals surface area contributed by atoms with Crippen LogP contribution in [0.5, 0.6) is 0 Å². The van der Waals surface area contributed by atoms with Crippen molar-refractivity contribution in [3.63, 3.8) is 0 Å². The zero-order valence-electron chi connectivity index (χ0n) is 17.0. The molecule has 1 atom stereocenters. The van der Waals surface area contributed by atoms with E-state index in [-0.39, 0.29) is 5.91 Å². The van der Waals surface area contributed by atoms with Gasteiger partial charge in [-0.3, -0.25) is 19.3 Å². The number of amides is 4. The molecule has 0 radical (unpaired) electrons. The van der Waals surface area contributed by atoms with Crippen LogP contribution >= 0.6 is 0 Å². The van der Waals surface area contributed by atoms with Crippen LogP contribution in [0.4, 0.5) is 10.5 Å². The zero-order valence-corrected chi connectivity index (χ0v) is 17.0. The fourth-order valence-electron chi connectivity index (χ4n) is 3.88. The predicted molar refractivity (Wildman–Crippen MR) is 106 cm³/mol. The minimum atomic E-state index is -1.04. The molecule has 1 spiro atoms. The lowest BCUT2D eigenvalue weighted by atomic mass is 9.77.